The molecule has 0 spiro atoms. The molecule has 0 aliphatic heterocycles. The summed E-state index contributed by atoms with van der Waals surface area (Å²) in [6, 6.07) is 7.72. The van der Waals surface area contributed by atoms with Gasteiger partial charge in [0.05, 0.1) is 6.33 Å². The van der Waals surface area contributed by atoms with Crippen molar-refractivity contribution in [2.45, 2.75) is 19.9 Å². The Balaban J connectivity index is 2.34. The summed E-state index contributed by atoms with van der Waals surface area (Å²) >= 11 is 3.30. The number of nitrogen functional groups attached to an aromatic ring is 1. The van der Waals surface area contributed by atoms with Gasteiger partial charge in [-0.25, -0.2) is 4.98 Å². The molecule has 0 aliphatic rings. The van der Waals surface area contributed by atoms with E-state index in [-0.39, 0.29) is 5.56 Å². The lowest BCUT2D eigenvalue weighted by Crippen LogP contribution is -2.27. The monoisotopic (exact) mass is 336 g/mol. The Labute approximate surface area is 126 Å². The van der Waals surface area contributed by atoms with Crippen LogP contribution in [0.1, 0.15) is 18.9 Å². The molecule has 2 aromatic rings. The summed E-state index contributed by atoms with van der Waals surface area (Å²) in [5.74, 6) is 0.638. The van der Waals surface area contributed by atoms with E-state index in [4.69, 9.17) is 5.73 Å². The molecule has 20 heavy (non-hydrogen) atoms. The third-order valence-electron chi connectivity index (χ3n) is 2.99. The van der Waals surface area contributed by atoms with Crippen LogP contribution in [-0.4, -0.2) is 16.5 Å². The Kier molecular flexibility index (Phi) is 4.79. The Morgan fingerprint density at radius 1 is 1.40 bits per heavy atom. The first-order valence-corrected chi connectivity index (χ1v) is 7.24. The molecule has 6 heteroatoms. The van der Waals surface area contributed by atoms with E-state index in [1.807, 2.05) is 29.2 Å². The molecule has 0 unspecified atom stereocenters. The maximum atomic E-state index is 11.7. The van der Waals surface area contributed by atoms with Gasteiger partial charge < -0.3 is 15.6 Å². The van der Waals surface area contributed by atoms with Gasteiger partial charge in [-0.05, 0) is 34.0 Å². The Morgan fingerprint density at radius 2 is 2.15 bits per heavy atom. The number of hydrogen-bond donors (Lipinski definition) is 2. The van der Waals surface area contributed by atoms with Gasteiger partial charge in [0.2, 0.25) is 0 Å². The molecule has 0 atom stereocenters. The number of benzene rings is 1. The highest BCUT2D eigenvalue weighted by atomic mass is 79.9. The number of aromatic amines is 1. The lowest BCUT2D eigenvalue weighted by atomic mass is 10.1. The number of hydrogen-bond acceptors (Lipinski definition) is 4. The minimum Gasteiger partial charge on any atom is -0.398 e. The largest absolute Gasteiger partial charge is 0.398 e. The van der Waals surface area contributed by atoms with E-state index >= 15 is 0 Å². The summed E-state index contributed by atoms with van der Waals surface area (Å²) in [7, 11) is 0. The van der Waals surface area contributed by atoms with E-state index < -0.39 is 0 Å². The van der Waals surface area contributed by atoms with E-state index in [9.17, 15) is 4.79 Å². The number of nitrogens with one attached hydrogen (secondary N) is 1. The molecule has 0 radical (unpaired) electrons. The van der Waals surface area contributed by atoms with Crippen LogP contribution >= 0.6 is 15.9 Å². The van der Waals surface area contributed by atoms with Crippen LogP contribution in [-0.2, 0) is 6.54 Å². The Hall–Kier alpha value is -1.82. The minimum atomic E-state index is -0.183. The number of para-hydroxylation sites is 1. The zero-order chi connectivity index (χ0) is 14.5. The molecule has 0 saturated carbocycles. The van der Waals surface area contributed by atoms with Crippen molar-refractivity contribution in [2.24, 2.45) is 0 Å². The first-order chi connectivity index (χ1) is 9.63. The topological polar surface area (TPSA) is 75.0 Å². The van der Waals surface area contributed by atoms with Crippen molar-refractivity contribution >= 4 is 27.4 Å². The van der Waals surface area contributed by atoms with Crippen LogP contribution in [0.3, 0.4) is 0 Å². The first-order valence-electron chi connectivity index (χ1n) is 6.45. The van der Waals surface area contributed by atoms with Crippen LogP contribution in [0, 0.1) is 0 Å². The average Bonchev–Trinajstić information content (AvgIpc) is 2.44. The molecule has 1 heterocycles. The van der Waals surface area contributed by atoms with Gasteiger partial charge in [-0.15, -0.1) is 0 Å². The second kappa shape index (κ2) is 6.56. The lowest BCUT2D eigenvalue weighted by molar-refractivity contribution is 0.749. The van der Waals surface area contributed by atoms with Gasteiger partial charge in [-0.1, -0.05) is 25.1 Å². The fraction of sp³-hybridized carbons (Fsp3) is 0.286. The third-order valence-corrected chi connectivity index (χ3v) is 3.70. The van der Waals surface area contributed by atoms with Crippen molar-refractivity contribution in [3.63, 3.8) is 0 Å². The molecular formula is C14H17BrN4O. The number of aromatic nitrogens is 2. The fourth-order valence-electron chi connectivity index (χ4n) is 2.01. The maximum absolute atomic E-state index is 11.7. The summed E-state index contributed by atoms with van der Waals surface area (Å²) in [6.45, 7) is 3.50. The number of halogens is 1. The number of nitrogens with two attached hydrogens (primary N) is 1. The van der Waals surface area contributed by atoms with Crippen molar-refractivity contribution < 1.29 is 0 Å². The van der Waals surface area contributed by atoms with Crippen LogP contribution in [0.4, 0.5) is 11.5 Å². The number of rotatable bonds is 5. The summed E-state index contributed by atoms with van der Waals surface area (Å²) in [5.41, 5.74) is 7.57. The molecule has 1 aromatic carbocycles. The predicted octanol–water partition coefficient (Wildman–Crippen LogP) is 2.53. The van der Waals surface area contributed by atoms with Gasteiger partial charge in [-0.2, -0.15) is 0 Å². The maximum Gasteiger partial charge on any atom is 0.267 e. The van der Waals surface area contributed by atoms with Gasteiger partial charge >= 0.3 is 0 Å². The Morgan fingerprint density at radius 3 is 2.85 bits per heavy atom. The van der Waals surface area contributed by atoms with E-state index in [1.165, 1.54) is 6.33 Å². The molecule has 0 amide bonds. The predicted molar refractivity (Wildman–Crippen MR) is 84.8 cm³/mol. The van der Waals surface area contributed by atoms with Crippen molar-refractivity contribution in [1.82, 2.24) is 9.97 Å². The van der Waals surface area contributed by atoms with Gasteiger partial charge in [-0.3, -0.25) is 4.79 Å². The van der Waals surface area contributed by atoms with E-state index in [2.05, 4.69) is 32.8 Å². The molecule has 2 rings (SSSR count). The van der Waals surface area contributed by atoms with Crippen molar-refractivity contribution in [3.8, 4) is 0 Å². The van der Waals surface area contributed by atoms with Crippen LogP contribution < -0.4 is 16.2 Å². The average molecular weight is 337 g/mol. The van der Waals surface area contributed by atoms with Crippen LogP contribution in [0.25, 0.3) is 0 Å². The highest BCUT2D eigenvalue weighted by Crippen LogP contribution is 2.23. The molecule has 1 aromatic heterocycles. The lowest BCUT2D eigenvalue weighted by Gasteiger charge is -2.24. The van der Waals surface area contributed by atoms with Crippen molar-refractivity contribution in [1.29, 1.82) is 0 Å². The molecule has 0 fully saturated rings. The Bertz CT molecular complexity index is 641. The normalized spacial score (nSPS) is 10.5. The zero-order valence-electron chi connectivity index (χ0n) is 11.3. The first kappa shape index (κ1) is 14.6. The SMILES string of the molecule is CCCN(Cc1ccccc1N)c1nc[nH]c(=O)c1Br. The molecule has 106 valence electrons. The van der Waals surface area contributed by atoms with Gasteiger partial charge in [0, 0.05) is 18.8 Å². The summed E-state index contributed by atoms with van der Waals surface area (Å²) in [5, 5.41) is 0. The van der Waals surface area contributed by atoms with E-state index in [0.717, 1.165) is 24.2 Å². The van der Waals surface area contributed by atoms with Gasteiger partial charge in [0.1, 0.15) is 4.47 Å². The van der Waals surface area contributed by atoms with Gasteiger partial charge in [0.15, 0.2) is 5.82 Å². The van der Waals surface area contributed by atoms with E-state index in [0.29, 0.717) is 16.8 Å². The molecule has 3 N–H and O–H groups in total. The zero-order valence-corrected chi connectivity index (χ0v) is 12.9. The van der Waals surface area contributed by atoms with Crippen molar-refractivity contribution in [2.75, 3.05) is 17.2 Å². The van der Waals surface area contributed by atoms with E-state index in [1.54, 1.807) is 0 Å². The smallest absolute Gasteiger partial charge is 0.267 e. The highest BCUT2D eigenvalue weighted by Gasteiger charge is 2.14. The molecule has 0 bridgehead atoms. The second-order valence-electron chi connectivity index (χ2n) is 4.49. The van der Waals surface area contributed by atoms with Crippen molar-refractivity contribution in [3.05, 3.63) is 51.0 Å². The summed E-state index contributed by atoms with van der Waals surface area (Å²) < 4.78 is 0.447. The third kappa shape index (κ3) is 3.19. The summed E-state index contributed by atoms with van der Waals surface area (Å²) in [6.07, 6.45) is 2.37. The minimum absolute atomic E-state index is 0.183. The summed E-state index contributed by atoms with van der Waals surface area (Å²) in [4.78, 5) is 20.5. The second-order valence-corrected chi connectivity index (χ2v) is 5.28. The quantitative estimate of drug-likeness (QED) is 0.822. The van der Waals surface area contributed by atoms with Crippen LogP contribution in [0.5, 0.6) is 0 Å². The van der Waals surface area contributed by atoms with Crippen LogP contribution in [0.15, 0.2) is 39.9 Å². The van der Waals surface area contributed by atoms with Gasteiger partial charge in [0.25, 0.3) is 5.56 Å². The fourth-order valence-corrected chi connectivity index (χ4v) is 2.48. The molecular weight excluding hydrogens is 320 g/mol. The standard InChI is InChI=1S/C14H17BrN4O/c1-2-7-19(8-10-5-3-4-6-11(10)16)13-12(15)14(20)18-9-17-13/h3-6,9H,2,7-8,16H2,1H3,(H,17,18,20). The number of H-pyrrole nitrogens is 1. The molecule has 0 aliphatic carbocycles. The highest BCUT2D eigenvalue weighted by molar-refractivity contribution is 9.10. The van der Waals surface area contributed by atoms with Crippen LogP contribution in [0.2, 0.25) is 0 Å². The molecule has 0 saturated heterocycles. The molecule has 5 nitrogen and oxygen atoms in total. The number of nitrogens with zero attached hydrogens (tertiary/aromatic N) is 2. The number of anilines is 2.